The number of hydrogen-bond acceptors (Lipinski definition) is 3. The smallest absolute Gasteiger partial charge is 0.251 e. The van der Waals surface area contributed by atoms with Crippen LogP contribution in [0.2, 0.25) is 10.0 Å². The normalized spacial score (nSPS) is 17.8. The average Bonchev–Trinajstić information content (AvgIpc) is 2.60. The van der Waals surface area contributed by atoms with E-state index in [9.17, 15) is 9.59 Å². The molecule has 2 aromatic rings. The van der Waals surface area contributed by atoms with Crippen LogP contribution >= 0.6 is 23.2 Å². The van der Waals surface area contributed by atoms with Gasteiger partial charge in [0.1, 0.15) is 18.4 Å². The van der Waals surface area contributed by atoms with Gasteiger partial charge in [-0.05, 0) is 42.2 Å². The molecule has 0 spiro atoms. The Morgan fingerprint density at radius 3 is 2.41 bits per heavy atom. The quantitative estimate of drug-likeness (QED) is 0.769. The number of hydrogen-bond donors (Lipinski definition) is 0. The summed E-state index contributed by atoms with van der Waals surface area (Å²) in [6.07, 6.45) is 1.49. The monoisotopic (exact) mass is 405 g/mol. The van der Waals surface area contributed by atoms with E-state index in [1.165, 1.54) is 11.1 Å². The second-order valence-corrected chi connectivity index (χ2v) is 7.93. The van der Waals surface area contributed by atoms with Crippen LogP contribution in [0.1, 0.15) is 25.0 Å². The largest absolute Gasteiger partial charge is 0.325 e. The molecule has 142 valence electrons. The highest BCUT2D eigenvalue weighted by Gasteiger charge is 2.42. The molecule has 5 nitrogen and oxygen atoms in total. The number of carbonyl (C=O) groups is 2. The van der Waals surface area contributed by atoms with Gasteiger partial charge in [-0.2, -0.15) is 0 Å². The van der Waals surface area contributed by atoms with Gasteiger partial charge < -0.3 is 4.90 Å². The molecule has 0 aliphatic carbocycles. The maximum Gasteiger partial charge on any atom is 0.251 e. The number of benzene rings is 1. The van der Waals surface area contributed by atoms with E-state index in [2.05, 4.69) is 4.98 Å². The van der Waals surface area contributed by atoms with Crippen molar-refractivity contribution in [3.8, 4) is 0 Å². The summed E-state index contributed by atoms with van der Waals surface area (Å²) in [6.45, 7) is 6.04. The maximum absolute atomic E-state index is 13.2. The number of amides is 2. The summed E-state index contributed by atoms with van der Waals surface area (Å²) in [5, 5.41) is 1.13. The number of anilines is 1. The van der Waals surface area contributed by atoms with Gasteiger partial charge in [0.05, 0.1) is 5.02 Å². The molecule has 0 bridgehead atoms. The Labute approximate surface area is 168 Å². The lowest BCUT2D eigenvalue weighted by atomic mass is 9.97. The van der Waals surface area contributed by atoms with Crippen molar-refractivity contribution >= 4 is 40.8 Å². The third-order valence-corrected chi connectivity index (χ3v) is 5.10. The predicted molar refractivity (Wildman–Crippen MR) is 107 cm³/mol. The first-order chi connectivity index (χ1) is 12.8. The fourth-order valence-electron chi connectivity index (χ4n) is 3.37. The number of nitrogens with zero attached hydrogens (tertiary/aromatic N) is 3. The van der Waals surface area contributed by atoms with E-state index >= 15 is 0 Å². The second kappa shape index (κ2) is 7.87. The zero-order chi connectivity index (χ0) is 19.7. The molecule has 2 heterocycles. The van der Waals surface area contributed by atoms with Crippen LogP contribution in [-0.4, -0.2) is 34.3 Å². The van der Waals surface area contributed by atoms with Crippen LogP contribution in [0.5, 0.6) is 0 Å². The first-order valence-corrected chi connectivity index (χ1v) is 9.51. The summed E-state index contributed by atoms with van der Waals surface area (Å²) in [7, 11) is 0. The molecule has 1 fully saturated rings. The highest BCUT2D eigenvalue weighted by atomic mass is 35.5. The standard InChI is InChI=1S/C20H21Cl2N3O2/c1-12(2)18-20(27)25(19-13(3)8-16(22)9-23-19)11-17(26)24(18)10-14-4-6-15(21)7-5-14/h4-9,12,18H,10-11H2,1-3H3. The van der Waals surface area contributed by atoms with E-state index in [1.54, 1.807) is 23.1 Å². The molecule has 0 radical (unpaired) electrons. The van der Waals surface area contributed by atoms with Gasteiger partial charge in [-0.3, -0.25) is 14.5 Å². The van der Waals surface area contributed by atoms with Crippen LogP contribution in [0, 0.1) is 12.8 Å². The molecular formula is C20H21Cl2N3O2. The van der Waals surface area contributed by atoms with E-state index in [0.29, 0.717) is 22.4 Å². The van der Waals surface area contributed by atoms with E-state index in [0.717, 1.165) is 11.1 Å². The third kappa shape index (κ3) is 4.09. The molecular weight excluding hydrogens is 385 g/mol. The van der Waals surface area contributed by atoms with Crippen molar-refractivity contribution in [3.05, 3.63) is 57.7 Å². The number of rotatable bonds is 4. The van der Waals surface area contributed by atoms with Gasteiger partial charge in [-0.1, -0.05) is 49.2 Å². The number of pyridine rings is 1. The lowest BCUT2D eigenvalue weighted by molar-refractivity contribution is -0.145. The van der Waals surface area contributed by atoms with Crippen molar-refractivity contribution < 1.29 is 9.59 Å². The molecule has 1 aliphatic heterocycles. The minimum absolute atomic E-state index is 0.0366. The molecule has 3 rings (SSSR count). The molecule has 27 heavy (non-hydrogen) atoms. The van der Waals surface area contributed by atoms with Crippen molar-refractivity contribution in [1.82, 2.24) is 9.88 Å². The molecule has 1 aromatic heterocycles. The number of piperazine rings is 1. The molecule has 1 atom stereocenters. The lowest BCUT2D eigenvalue weighted by Crippen LogP contribution is -2.61. The minimum atomic E-state index is -0.557. The van der Waals surface area contributed by atoms with E-state index in [1.807, 2.05) is 32.9 Å². The molecule has 1 unspecified atom stereocenters. The Balaban J connectivity index is 1.92. The molecule has 0 N–H and O–H groups in total. The molecule has 1 aromatic carbocycles. The fraction of sp³-hybridized carbons (Fsp3) is 0.350. The van der Waals surface area contributed by atoms with E-state index in [4.69, 9.17) is 23.2 Å². The number of aryl methyl sites for hydroxylation is 1. The summed E-state index contributed by atoms with van der Waals surface area (Å²) in [5.41, 5.74) is 1.69. The Morgan fingerprint density at radius 1 is 1.15 bits per heavy atom. The average molecular weight is 406 g/mol. The summed E-state index contributed by atoms with van der Waals surface area (Å²) in [5.74, 6) is 0.203. The van der Waals surface area contributed by atoms with Gasteiger partial charge in [0.15, 0.2) is 0 Å². The van der Waals surface area contributed by atoms with Gasteiger partial charge in [0.25, 0.3) is 5.91 Å². The van der Waals surface area contributed by atoms with Crippen LogP contribution in [0.15, 0.2) is 36.5 Å². The van der Waals surface area contributed by atoms with Crippen LogP contribution in [0.25, 0.3) is 0 Å². The van der Waals surface area contributed by atoms with Gasteiger partial charge in [0.2, 0.25) is 5.91 Å². The summed E-state index contributed by atoms with van der Waals surface area (Å²) in [6, 6.07) is 8.49. The highest BCUT2D eigenvalue weighted by molar-refractivity contribution is 6.30. The van der Waals surface area contributed by atoms with Gasteiger partial charge in [0, 0.05) is 17.8 Å². The van der Waals surface area contributed by atoms with E-state index < -0.39 is 6.04 Å². The van der Waals surface area contributed by atoms with Crippen LogP contribution < -0.4 is 4.90 Å². The van der Waals surface area contributed by atoms with Crippen molar-refractivity contribution in [1.29, 1.82) is 0 Å². The topological polar surface area (TPSA) is 53.5 Å². The third-order valence-electron chi connectivity index (χ3n) is 4.64. The summed E-state index contributed by atoms with van der Waals surface area (Å²) >= 11 is 11.9. The first kappa shape index (κ1) is 19.6. The molecule has 1 saturated heterocycles. The lowest BCUT2D eigenvalue weighted by Gasteiger charge is -2.42. The highest BCUT2D eigenvalue weighted by Crippen LogP contribution is 2.28. The van der Waals surface area contributed by atoms with Crippen molar-refractivity contribution in [2.75, 3.05) is 11.4 Å². The van der Waals surface area contributed by atoms with Crippen LogP contribution in [0.3, 0.4) is 0 Å². The van der Waals surface area contributed by atoms with Crippen LogP contribution in [-0.2, 0) is 16.1 Å². The summed E-state index contributed by atoms with van der Waals surface area (Å²) in [4.78, 5) is 33.6. The Bertz CT molecular complexity index is 868. The molecule has 1 aliphatic rings. The van der Waals surface area contributed by atoms with Gasteiger partial charge >= 0.3 is 0 Å². The molecule has 0 saturated carbocycles. The molecule has 7 heteroatoms. The van der Waals surface area contributed by atoms with Crippen molar-refractivity contribution in [2.45, 2.75) is 33.4 Å². The Kier molecular flexibility index (Phi) is 5.72. The zero-order valence-corrected chi connectivity index (χ0v) is 17.0. The number of aromatic nitrogens is 1. The number of halogens is 2. The number of carbonyl (C=O) groups excluding carboxylic acids is 2. The predicted octanol–water partition coefficient (Wildman–Crippen LogP) is 4.10. The Morgan fingerprint density at radius 2 is 1.81 bits per heavy atom. The van der Waals surface area contributed by atoms with Gasteiger partial charge in [-0.15, -0.1) is 0 Å². The van der Waals surface area contributed by atoms with Crippen LogP contribution in [0.4, 0.5) is 5.82 Å². The van der Waals surface area contributed by atoms with Crippen molar-refractivity contribution in [3.63, 3.8) is 0 Å². The van der Waals surface area contributed by atoms with Gasteiger partial charge in [-0.25, -0.2) is 4.98 Å². The first-order valence-electron chi connectivity index (χ1n) is 8.75. The van der Waals surface area contributed by atoms with Crippen molar-refractivity contribution in [2.24, 2.45) is 5.92 Å². The minimum Gasteiger partial charge on any atom is -0.325 e. The summed E-state index contributed by atoms with van der Waals surface area (Å²) < 4.78 is 0. The van der Waals surface area contributed by atoms with E-state index in [-0.39, 0.29) is 24.3 Å². The SMILES string of the molecule is Cc1cc(Cl)cnc1N1CC(=O)N(Cc2ccc(Cl)cc2)C(C(C)C)C1=O. The maximum atomic E-state index is 13.2. The second-order valence-electron chi connectivity index (χ2n) is 7.06. The molecule has 2 amide bonds. The fourth-order valence-corrected chi connectivity index (χ4v) is 3.70. The zero-order valence-electron chi connectivity index (χ0n) is 15.4. The Hall–Kier alpha value is -2.11.